The zero-order valence-electron chi connectivity index (χ0n) is 10.1. The molecule has 94 valence electrons. The Kier molecular flexibility index (Phi) is 4.53. The maximum absolute atomic E-state index is 12.0. The van der Waals surface area contributed by atoms with Crippen molar-refractivity contribution >= 4 is 28.7 Å². The minimum atomic E-state index is 0.116. The van der Waals surface area contributed by atoms with Gasteiger partial charge in [-0.15, -0.1) is 11.3 Å². The molecular weight excluding hydrogens is 266 g/mol. The van der Waals surface area contributed by atoms with Gasteiger partial charge in [-0.1, -0.05) is 17.7 Å². The van der Waals surface area contributed by atoms with Crippen LogP contribution in [0.15, 0.2) is 41.8 Å². The fraction of sp³-hybridized carbons (Fsp3) is 0.214. The van der Waals surface area contributed by atoms with E-state index >= 15 is 0 Å². The normalized spacial score (nSPS) is 10.8. The Morgan fingerprint density at radius 3 is 2.61 bits per heavy atom. The first-order valence-corrected chi connectivity index (χ1v) is 6.90. The van der Waals surface area contributed by atoms with E-state index in [1.54, 1.807) is 35.6 Å². The Morgan fingerprint density at radius 2 is 2.00 bits per heavy atom. The van der Waals surface area contributed by atoms with Gasteiger partial charge in [0.1, 0.15) is 0 Å². The highest BCUT2D eigenvalue weighted by Crippen LogP contribution is 2.13. The highest BCUT2D eigenvalue weighted by molar-refractivity contribution is 7.09. The van der Waals surface area contributed by atoms with Crippen molar-refractivity contribution in [3.8, 4) is 0 Å². The van der Waals surface area contributed by atoms with E-state index in [9.17, 15) is 4.79 Å². The van der Waals surface area contributed by atoms with Crippen molar-refractivity contribution in [1.29, 1.82) is 0 Å². The summed E-state index contributed by atoms with van der Waals surface area (Å²) in [5, 5.41) is 2.70. The van der Waals surface area contributed by atoms with Gasteiger partial charge in [-0.3, -0.25) is 9.69 Å². The van der Waals surface area contributed by atoms with E-state index < -0.39 is 0 Å². The van der Waals surface area contributed by atoms with Crippen LogP contribution in [-0.4, -0.2) is 24.3 Å². The molecule has 2 rings (SSSR count). The van der Waals surface area contributed by atoms with E-state index in [-0.39, 0.29) is 5.78 Å². The molecule has 0 bridgehead atoms. The first-order valence-electron chi connectivity index (χ1n) is 5.65. The molecule has 0 unspecified atom stereocenters. The fourth-order valence-electron chi connectivity index (χ4n) is 1.70. The van der Waals surface area contributed by atoms with Gasteiger partial charge >= 0.3 is 0 Å². The van der Waals surface area contributed by atoms with Crippen molar-refractivity contribution in [2.75, 3.05) is 13.6 Å². The SMILES string of the molecule is CN(CC(=O)c1ccc(Cl)cc1)Cc1cccs1. The van der Waals surface area contributed by atoms with Gasteiger partial charge in [0.25, 0.3) is 0 Å². The molecule has 0 saturated heterocycles. The van der Waals surface area contributed by atoms with Crippen molar-refractivity contribution in [2.24, 2.45) is 0 Å². The summed E-state index contributed by atoms with van der Waals surface area (Å²) in [6, 6.07) is 11.1. The number of halogens is 1. The van der Waals surface area contributed by atoms with Gasteiger partial charge in [0, 0.05) is 22.0 Å². The quantitative estimate of drug-likeness (QED) is 0.778. The molecular formula is C14H14ClNOS. The Balaban J connectivity index is 1.92. The number of rotatable bonds is 5. The van der Waals surface area contributed by atoms with E-state index in [4.69, 9.17) is 11.6 Å². The number of Topliss-reactive ketones (excluding diaryl/α,β-unsaturated/α-hetero) is 1. The molecule has 0 radical (unpaired) electrons. The lowest BCUT2D eigenvalue weighted by Gasteiger charge is -2.14. The van der Waals surface area contributed by atoms with Crippen LogP contribution in [0.3, 0.4) is 0 Å². The van der Waals surface area contributed by atoms with Crippen LogP contribution in [0.25, 0.3) is 0 Å². The smallest absolute Gasteiger partial charge is 0.176 e. The topological polar surface area (TPSA) is 20.3 Å². The van der Waals surface area contributed by atoms with Gasteiger partial charge in [-0.2, -0.15) is 0 Å². The van der Waals surface area contributed by atoms with Crippen LogP contribution in [0, 0.1) is 0 Å². The third-order valence-corrected chi connectivity index (χ3v) is 3.70. The summed E-state index contributed by atoms with van der Waals surface area (Å²) in [6.07, 6.45) is 0. The van der Waals surface area contributed by atoms with E-state index in [0.717, 1.165) is 6.54 Å². The van der Waals surface area contributed by atoms with Crippen LogP contribution in [0.4, 0.5) is 0 Å². The summed E-state index contributed by atoms with van der Waals surface area (Å²) in [4.78, 5) is 15.3. The van der Waals surface area contributed by atoms with Crippen molar-refractivity contribution in [1.82, 2.24) is 4.90 Å². The van der Waals surface area contributed by atoms with Gasteiger partial charge in [0.2, 0.25) is 0 Å². The summed E-state index contributed by atoms with van der Waals surface area (Å²) in [6.45, 7) is 1.22. The summed E-state index contributed by atoms with van der Waals surface area (Å²) >= 11 is 7.50. The highest BCUT2D eigenvalue weighted by atomic mass is 35.5. The zero-order chi connectivity index (χ0) is 13.0. The average Bonchev–Trinajstić information content (AvgIpc) is 2.82. The molecule has 2 aromatic rings. The number of hydrogen-bond donors (Lipinski definition) is 0. The molecule has 0 saturated carbocycles. The molecule has 0 aliphatic rings. The summed E-state index contributed by atoms with van der Waals surface area (Å²) in [5.74, 6) is 0.116. The fourth-order valence-corrected chi connectivity index (χ4v) is 2.61. The van der Waals surface area contributed by atoms with Crippen molar-refractivity contribution in [3.05, 3.63) is 57.2 Å². The molecule has 0 fully saturated rings. The lowest BCUT2D eigenvalue weighted by atomic mass is 10.1. The molecule has 1 aromatic heterocycles. The van der Waals surface area contributed by atoms with Crippen LogP contribution in [0.1, 0.15) is 15.2 Å². The predicted octanol–water partition coefficient (Wildman–Crippen LogP) is 3.72. The van der Waals surface area contributed by atoms with Crippen LogP contribution in [-0.2, 0) is 6.54 Å². The maximum Gasteiger partial charge on any atom is 0.176 e. The second-order valence-corrected chi connectivity index (χ2v) is 5.65. The van der Waals surface area contributed by atoms with E-state index in [1.807, 2.05) is 23.4 Å². The predicted molar refractivity (Wildman–Crippen MR) is 76.4 cm³/mol. The molecule has 0 amide bonds. The number of carbonyl (C=O) groups excluding carboxylic acids is 1. The number of carbonyl (C=O) groups is 1. The standard InChI is InChI=1S/C14H14ClNOS/c1-16(9-13-3-2-8-18-13)10-14(17)11-4-6-12(15)7-5-11/h2-8H,9-10H2,1H3. The molecule has 4 heteroatoms. The highest BCUT2D eigenvalue weighted by Gasteiger charge is 2.09. The second-order valence-electron chi connectivity index (χ2n) is 4.18. The molecule has 1 aromatic carbocycles. The van der Waals surface area contributed by atoms with Crippen molar-refractivity contribution < 1.29 is 4.79 Å². The van der Waals surface area contributed by atoms with Crippen LogP contribution >= 0.6 is 22.9 Å². The first-order chi connectivity index (χ1) is 8.65. The summed E-state index contributed by atoms with van der Waals surface area (Å²) in [7, 11) is 1.95. The molecule has 0 atom stereocenters. The molecule has 0 spiro atoms. The Hall–Kier alpha value is -1.16. The van der Waals surface area contributed by atoms with Crippen LogP contribution < -0.4 is 0 Å². The van der Waals surface area contributed by atoms with E-state index in [2.05, 4.69) is 6.07 Å². The molecule has 18 heavy (non-hydrogen) atoms. The molecule has 2 nitrogen and oxygen atoms in total. The van der Waals surface area contributed by atoms with E-state index in [1.165, 1.54) is 4.88 Å². The lowest BCUT2D eigenvalue weighted by molar-refractivity contribution is 0.0943. The number of thiophene rings is 1. The lowest BCUT2D eigenvalue weighted by Crippen LogP contribution is -2.25. The minimum Gasteiger partial charge on any atom is -0.294 e. The molecule has 0 aliphatic heterocycles. The molecule has 0 N–H and O–H groups in total. The maximum atomic E-state index is 12.0. The third-order valence-electron chi connectivity index (χ3n) is 2.59. The summed E-state index contributed by atoms with van der Waals surface area (Å²) in [5.41, 5.74) is 0.706. The monoisotopic (exact) mass is 279 g/mol. The van der Waals surface area contributed by atoms with Crippen molar-refractivity contribution in [3.63, 3.8) is 0 Å². The number of ketones is 1. The van der Waals surface area contributed by atoms with Gasteiger partial charge < -0.3 is 0 Å². The number of nitrogens with zero attached hydrogens (tertiary/aromatic N) is 1. The van der Waals surface area contributed by atoms with Gasteiger partial charge in [-0.25, -0.2) is 0 Å². The largest absolute Gasteiger partial charge is 0.294 e. The molecule has 1 heterocycles. The third kappa shape index (κ3) is 3.67. The molecule has 0 aliphatic carbocycles. The van der Waals surface area contributed by atoms with Crippen LogP contribution in [0.2, 0.25) is 5.02 Å². The Morgan fingerprint density at radius 1 is 1.28 bits per heavy atom. The second kappa shape index (κ2) is 6.14. The summed E-state index contributed by atoms with van der Waals surface area (Å²) < 4.78 is 0. The van der Waals surface area contributed by atoms with Crippen molar-refractivity contribution in [2.45, 2.75) is 6.54 Å². The Bertz CT molecular complexity index is 507. The Labute approximate surface area is 116 Å². The zero-order valence-corrected chi connectivity index (χ0v) is 11.7. The van der Waals surface area contributed by atoms with Gasteiger partial charge in [-0.05, 0) is 42.8 Å². The number of benzene rings is 1. The van der Waals surface area contributed by atoms with Gasteiger partial charge in [0.15, 0.2) is 5.78 Å². The van der Waals surface area contributed by atoms with Crippen LogP contribution in [0.5, 0.6) is 0 Å². The minimum absolute atomic E-state index is 0.116. The number of likely N-dealkylation sites (N-methyl/N-ethyl adjacent to an activating group) is 1. The van der Waals surface area contributed by atoms with E-state index in [0.29, 0.717) is 17.1 Å². The first kappa shape index (κ1) is 13.3. The average molecular weight is 280 g/mol. The number of hydrogen-bond acceptors (Lipinski definition) is 3. The van der Waals surface area contributed by atoms with Gasteiger partial charge in [0.05, 0.1) is 6.54 Å².